The largest absolute Gasteiger partial charge is 0.396 e. The van der Waals surface area contributed by atoms with Gasteiger partial charge < -0.3 is 9.84 Å². The van der Waals surface area contributed by atoms with Gasteiger partial charge in [0.2, 0.25) is 0 Å². The first-order chi connectivity index (χ1) is 4.23. The fraction of sp³-hybridized carbons (Fsp3) is 1.00. The van der Waals surface area contributed by atoms with E-state index >= 15 is 0 Å². The molecule has 2 nitrogen and oxygen atoms in total. The van der Waals surface area contributed by atoms with Crippen molar-refractivity contribution in [1.82, 2.24) is 0 Å². The van der Waals surface area contributed by atoms with Crippen LogP contribution in [0.2, 0.25) is 0 Å². The van der Waals surface area contributed by atoms with E-state index in [-0.39, 0.29) is 5.41 Å². The molecule has 0 spiro atoms. The molecule has 9 heavy (non-hydrogen) atoms. The Labute approximate surface area is 54.8 Å². The maximum atomic E-state index is 8.91. The van der Waals surface area contributed by atoms with E-state index in [0.717, 1.165) is 12.8 Å². The summed E-state index contributed by atoms with van der Waals surface area (Å²) in [5.74, 6) is 0. The van der Waals surface area contributed by atoms with E-state index in [2.05, 4.69) is 6.92 Å². The van der Waals surface area contributed by atoms with Crippen molar-refractivity contribution in [1.29, 1.82) is 0 Å². The van der Waals surface area contributed by atoms with E-state index in [1.807, 2.05) is 0 Å². The van der Waals surface area contributed by atoms with Crippen LogP contribution in [0.1, 0.15) is 19.8 Å². The van der Waals surface area contributed by atoms with Crippen LogP contribution in [-0.4, -0.2) is 23.9 Å². The van der Waals surface area contributed by atoms with Gasteiger partial charge in [0.05, 0.1) is 12.2 Å². The summed E-state index contributed by atoms with van der Waals surface area (Å²) >= 11 is 0. The smallest absolute Gasteiger partial charge is 0.0848 e. The molecule has 1 N–H and O–H groups in total. The van der Waals surface area contributed by atoms with Gasteiger partial charge in [-0.15, -0.1) is 0 Å². The first-order valence-electron chi connectivity index (χ1n) is 3.50. The summed E-state index contributed by atoms with van der Waals surface area (Å²) in [7, 11) is 0. The molecule has 2 rings (SSSR count). The normalized spacial score (nSPS) is 55.3. The van der Waals surface area contributed by atoms with E-state index in [0.29, 0.717) is 18.8 Å². The van der Waals surface area contributed by atoms with Gasteiger partial charge in [-0.1, -0.05) is 6.92 Å². The molecule has 0 amide bonds. The molecule has 2 fully saturated rings. The molecule has 1 aliphatic heterocycles. The van der Waals surface area contributed by atoms with Gasteiger partial charge in [0.1, 0.15) is 0 Å². The fourth-order valence-electron chi connectivity index (χ4n) is 1.72. The van der Waals surface area contributed by atoms with Crippen LogP contribution < -0.4 is 0 Å². The van der Waals surface area contributed by atoms with Crippen LogP contribution in [0.25, 0.3) is 0 Å². The SMILES string of the molecule is CC1(CO)CC2OC2C1. The van der Waals surface area contributed by atoms with Crippen molar-refractivity contribution >= 4 is 0 Å². The minimum atomic E-state index is 0.188. The highest BCUT2D eigenvalue weighted by molar-refractivity contribution is 5.01. The van der Waals surface area contributed by atoms with Crippen LogP contribution in [0.4, 0.5) is 0 Å². The zero-order valence-corrected chi connectivity index (χ0v) is 5.63. The molecule has 2 atom stereocenters. The third-order valence-electron chi connectivity index (χ3n) is 2.46. The number of fused-ring (bicyclic) bond motifs is 1. The number of hydrogen-bond donors (Lipinski definition) is 1. The van der Waals surface area contributed by atoms with Gasteiger partial charge in [0.15, 0.2) is 0 Å². The van der Waals surface area contributed by atoms with E-state index < -0.39 is 0 Å². The topological polar surface area (TPSA) is 32.8 Å². The minimum absolute atomic E-state index is 0.188. The second-order valence-electron chi connectivity index (χ2n) is 3.59. The zero-order chi connectivity index (χ0) is 6.48. The molecule has 1 saturated heterocycles. The molecule has 0 radical (unpaired) electrons. The molecule has 0 bridgehead atoms. The van der Waals surface area contributed by atoms with Gasteiger partial charge >= 0.3 is 0 Å². The summed E-state index contributed by atoms with van der Waals surface area (Å²) in [4.78, 5) is 0. The van der Waals surface area contributed by atoms with E-state index in [4.69, 9.17) is 9.84 Å². The summed E-state index contributed by atoms with van der Waals surface area (Å²) in [6.45, 7) is 2.45. The predicted molar refractivity (Wildman–Crippen MR) is 33.1 cm³/mol. The maximum absolute atomic E-state index is 8.91. The average Bonchev–Trinajstić information content (AvgIpc) is 2.42. The Hall–Kier alpha value is -0.0800. The van der Waals surface area contributed by atoms with Crippen molar-refractivity contribution in [2.75, 3.05) is 6.61 Å². The highest BCUT2D eigenvalue weighted by Gasteiger charge is 2.53. The average molecular weight is 128 g/mol. The molecule has 1 heterocycles. The summed E-state index contributed by atoms with van der Waals surface area (Å²) in [6.07, 6.45) is 3.13. The third-order valence-corrected chi connectivity index (χ3v) is 2.46. The lowest BCUT2D eigenvalue weighted by Gasteiger charge is -2.21. The van der Waals surface area contributed by atoms with Gasteiger partial charge in [-0.25, -0.2) is 0 Å². The lowest BCUT2D eigenvalue weighted by Crippen LogP contribution is -2.19. The molecule has 52 valence electrons. The maximum Gasteiger partial charge on any atom is 0.0848 e. The van der Waals surface area contributed by atoms with Crippen LogP contribution in [0, 0.1) is 5.41 Å². The Bertz CT molecular complexity index is 123. The number of aliphatic hydroxyl groups is 1. The highest BCUT2D eigenvalue weighted by Crippen LogP contribution is 2.49. The first-order valence-corrected chi connectivity index (χ1v) is 3.50. The molecule has 2 heteroatoms. The lowest BCUT2D eigenvalue weighted by atomic mass is 9.89. The van der Waals surface area contributed by atoms with Crippen LogP contribution in [0.15, 0.2) is 0 Å². The highest BCUT2D eigenvalue weighted by atomic mass is 16.6. The van der Waals surface area contributed by atoms with Crippen molar-refractivity contribution in [2.45, 2.75) is 32.0 Å². The number of ether oxygens (including phenoxy) is 1. The Kier molecular flexibility index (Phi) is 0.945. The lowest BCUT2D eigenvalue weighted by molar-refractivity contribution is 0.102. The molecule has 1 saturated carbocycles. The number of rotatable bonds is 1. The van der Waals surface area contributed by atoms with Gasteiger partial charge in [-0.2, -0.15) is 0 Å². The Morgan fingerprint density at radius 2 is 2.11 bits per heavy atom. The quantitative estimate of drug-likeness (QED) is 0.523. The van der Waals surface area contributed by atoms with Crippen LogP contribution in [-0.2, 0) is 4.74 Å². The van der Waals surface area contributed by atoms with Gasteiger partial charge in [-0.3, -0.25) is 0 Å². The summed E-state index contributed by atoms with van der Waals surface area (Å²) in [5.41, 5.74) is 0.188. The number of epoxide rings is 1. The monoisotopic (exact) mass is 128 g/mol. The van der Waals surface area contributed by atoms with Gasteiger partial charge in [-0.05, 0) is 18.3 Å². The molecular weight excluding hydrogens is 116 g/mol. The predicted octanol–water partition coefficient (Wildman–Crippen LogP) is 0.546. The standard InChI is InChI=1S/C7H12O2/c1-7(4-8)2-5-6(3-7)9-5/h5-6,8H,2-4H2,1H3. The molecule has 2 aliphatic rings. The summed E-state index contributed by atoms with van der Waals surface area (Å²) < 4.78 is 5.24. The molecule has 2 unspecified atom stereocenters. The van der Waals surface area contributed by atoms with Crippen molar-refractivity contribution in [3.05, 3.63) is 0 Å². The number of aliphatic hydroxyl groups excluding tert-OH is 1. The van der Waals surface area contributed by atoms with E-state index in [1.54, 1.807) is 0 Å². The molecule has 0 aromatic heterocycles. The van der Waals surface area contributed by atoms with Crippen LogP contribution in [0.5, 0.6) is 0 Å². The second kappa shape index (κ2) is 1.50. The van der Waals surface area contributed by atoms with Crippen molar-refractivity contribution in [3.8, 4) is 0 Å². The van der Waals surface area contributed by atoms with Crippen LogP contribution >= 0.6 is 0 Å². The fourth-order valence-corrected chi connectivity index (χ4v) is 1.72. The van der Waals surface area contributed by atoms with Crippen molar-refractivity contribution in [3.63, 3.8) is 0 Å². The van der Waals surface area contributed by atoms with E-state index in [1.165, 1.54) is 0 Å². The Morgan fingerprint density at radius 1 is 1.56 bits per heavy atom. The third kappa shape index (κ3) is 0.775. The van der Waals surface area contributed by atoms with E-state index in [9.17, 15) is 0 Å². The number of hydrogen-bond acceptors (Lipinski definition) is 2. The van der Waals surface area contributed by atoms with Gasteiger partial charge in [0.25, 0.3) is 0 Å². The molecular formula is C7H12O2. The minimum Gasteiger partial charge on any atom is -0.396 e. The molecule has 1 aliphatic carbocycles. The molecule has 0 aromatic rings. The van der Waals surface area contributed by atoms with Crippen molar-refractivity contribution < 1.29 is 9.84 Å². The van der Waals surface area contributed by atoms with Gasteiger partial charge in [0, 0.05) is 6.61 Å². The van der Waals surface area contributed by atoms with Crippen LogP contribution in [0.3, 0.4) is 0 Å². The van der Waals surface area contributed by atoms with Crippen molar-refractivity contribution in [2.24, 2.45) is 5.41 Å². The molecule has 0 aromatic carbocycles. The Morgan fingerprint density at radius 3 is 2.44 bits per heavy atom. The summed E-state index contributed by atoms with van der Waals surface area (Å²) in [5, 5.41) is 8.91. The Balaban J connectivity index is 2.02. The second-order valence-corrected chi connectivity index (χ2v) is 3.59. The summed E-state index contributed by atoms with van der Waals surface area (Å²) in [6, 6.07) is 0. The zero-order valence-electron chi connectivity index (χ0n) is 5.63. The first kappa shape index (κ1) is 5.69.